The van der Waals surface area contributed by atoms with Crippen LogP contribution in [0.4, 0.5) is 0 Å². The molecule has 1 aromatic carbocycles. The molecule has 6 nitrogen and oxygen atoms in total. The average Bonchev–Trinajstić information content (AvgIpc) is 3.06. The number of hydrogen-bond acceptors (Lipinski definition) is 4. The highest BCUT2D eigenvalue weighted by molar-refractivity contribution is 9.10. The van der Waals surface area contributed by atoms with Gasteiger partial charge in [-0.1, -0.05) is 30.3 Å². The molecule has 2 aliphatic rings. The number of halogens is 1. The third-order valence-corrected chi connectivity index (χ3v) is 6.21. The molecule has 2 fully saturated rings. The minimum Gasteiger partial charge on any atom is -0.359 e. The molecule has 0 radical (unpaired) electrons. The Morgan fingerprint density at radius 1 is 1.21 bits per heavy atom. The minimum atomic E-state index is -0.177. The lowest BCUT2D eigenvalue weighted by Crippen LogP contribution is -2.63. The van der Waals surface area contributed by atoms with Crippen LogP contribution in [0, 0.1) is 11.3 Å². The first-order valence-corrected chi connectivity index (χ1v) is 10.2. The second-order valence-electron chi connectivity index (χ2n) is 7.74. The minimum absolute atomic E-state index is 0.0309. The fraction of sp³-hybridized carbons (Fsp3) is 0.381. The van der Waals surface area contributed by atoms with Crippen LogP contribution in [0.25, 0.3) is 0 Å². The summed E-state index contributed by atoms with van der Waals surface area (Å²) in [5.41, 5.74) is 1.63. The lowest BCUT2D eigenvalue weighted by molar-refractivity contribution is -0.130. The topological polar surface area (TPSA) is 65.5 Å². The van der Waals surface area contributed by atoms with Crippen molar-refractivity contribution in [2.75, 3.05) is 33.2 Å². The van der Waals surface area contributed by atoms with Crippen LogP contribution in [0.1, 0.15) is 15.9 Å². The van der Waals surface area contributed by atoms with E-state index in [1.54, 1.807) is 25.5 Å². The van der Waals surface area contributed by atoms with Gasteiger partial charge >= 0.3 is 0 Å². The van der Waals surface area contributed by atoms with Crippen LogP contribution in [-0.2, 0) is 11.3 Å². The number of rotatable bonds is 4. The zero-order valence-corrected chi connectivity index (χ0v) is 17.4. The molecule has 1 atom stereocenters. The number of pyridine rings is 1. The molecule has 0 aliphatic carbocycles. The van der Waals surface area contributed by atoms with E-state index in [-0.39, 0.29) is 23.1 Å². The van der Waals surface area contributed by atoms with Crippen molar-refractivity contribution in [2.24, 2.45) is 11.3 Å². The van der Waals surface area contributed by atoms with E-state index in [9.17, 15) is 9.59 Å². The first-order valence-electron chi connectivity index (χ1n) is 9.38. The van der Waals surface area contributed by atoms with Crippen LogP contribution in [0.15, 0.2) is 53.3 Å². The predicted molar refractivity (Wildman–Crippen MR) is 110 cm³/mol. The van der Waals surface area contributed by atoms with E-state index in [2.05, 4.69) is 43.3 Å². The van der Waals surface area contributed by atoms with E-state index < -0.39 is 0 Å². The van der Waals surface area contributed by atoms with Gasteiger partial charge in [0.2, 0.25) is 5.91 Å². The average molecular weight is 443 g/mol. The molecule has 2 saturated heterocycles. The van der Waals surface area contributed by atoms with Crippen LogP contribution in [0.2, 0.25) is 0 Å². The van der Waals surface area contributed by atoms with Crippen molar-refractivity contribution in [3.8, 4) is 0 Å². The van der Waals surface area contributed by atoms with Gasteiger partial charge in [-0.3, -0.25) is 19.5 Å². The van der Waals surface area contributed by atoms with Gasteiger partial charge in [-0.05, 0) is 27.6 Å². The Morgan fingerprint density at radius 3 is 2.64 bits per heavy atom. The molecule has 146 valence electrons. The molecule has 3 heterocycles. The zero-order chi connectivity index (χ0) is 19.7. The second kappa shape index (κ2) is 7.64. The lowest BCUT2D eigenvalue weighted by Gasteiger charge is -2.50. The summed E-state index contributed by atoms with van der Waals surface area (Å²) < 4.78 is 0.784. The van der Waals surface area contributed by atoms with E-state index in [1.807, 2.05) is 23.1 Å². The summed E-state index contributed by atoms with van der Waals surface area (Å²) in [5, 5.41) is 2.81. The Hall–Kier alpha value is -2.25. The third kappa shape index (κ3) is 3.56. The van der Waals surface area contributed by atoms with Gasteiger partial charge in [-0.2, -0.15) is 0 Å². The van der Waals surface area contributed by atoms with Gasteiger partial charge in [-0.15, -0.1) is 0 Å². The van der Waals surface area contributed by atoms with Gasteiger partial charge in [0.1, 0.15) is 0 Å². The number of benzene rings is 1. The fourth-order valence-corrected chi connectivity index (χ4v) is 4.82. The van der Waals surface area contributed by atoms with Crippen molar-refractivity contribution in [3.05, 3.63) is 64.4 Å². The van der Waals surface area contributed by atoms with E-state index >= 15 is 0 Å². The molecule has 2 amide bonds. The molecule has 2 aliphatic heterocycles. The first-order chi connectivity index (χ1) is 13.5. The summed E-state index contributed by atoms with van der Waals surface area (Å²) in [4.78, 5) is 33.6. The molecule has 7 heteroatoms. The molecular formula is C21H23BrN4O2. The zero-order valence-electron chi connectivity index (χ0n) is 15.8. The van der Waals surface area contributed by atoms with Crippen molar-refractivity contribution in [1.29, 1.82) is 0 Å². The Balaban J connectivity index is 1.48. The second-order valence-corrected chi connectivity index (χ2v) is 8.65. The maximum Gasteiger partial charge on any atom is 0.255 e. The van der Waals surface area contributed by atoms with Crippen molar-refractivity contribution in [3.63, 3.8) is 0 Å². The number of amides is 2. The van der Waals surface area contributed by atoms with Crippen molar-refractivity contribution >= 4 is 27.7 Å². The summed E-state index contributed by atoms with van der Waals surface area (Å²) in [6, 6.07) is 12.1. The quantitative estimate of drug-likeness (QED) is 0.787. The summed E-state index contributed by atoms with van der Waals surface area (Å²) in [5.74, 6) is -0.0747. The largest absolute Gasteiger partial charge is 0.359 e. The van der Waals surface area contributed by atoms with Gasteiger partial charge in [0.15, 0.2) is 0 Å². The van der Waals surface area contributed by atoms with Crippen LogP contribution < -0.4 is 5.32 Å². The number of carbonyl (C=O) groups excluding carboxylic acids is 2. The summed E-state index contributed by atoms with van der Waals surface area (Å²) in [7, 11) is 1.69. The molecule has 2 aromatic rings. The Labute approximate surface area is 173 Å². The molecule has 1 N–H and O–H groups in total. The van der Waals surface area contributed by atoms with Crippen LogP contribution in [0.5, 0.6) is 0 Å². The Morgan fingerprint density at radius 2 is 1.96 bits per heavy atom. The van der Waals surface area contributed by atoms with E-state index in [4.69, 9.17) is 0 Å². The van der Waals surface area contributed by atoms with E-state index in [0.29, 0.717) is 18.7 Å². The fourth-order valence-electron chi connectivity index (χ4n) is 4.46. The van der Waals surface area contributed by atoms with Gasteiger partial charge in [0.05, 0.1) is 11.5 Å². The van der Waals surface area contributed by atoms with Crippen molar-refractivity contribution in [1.82, 2.24) is 20.1 Å². The molecule has 1 aromatic heterocycles. The molecule has 0 saturated carbocycles. The van der Waals surface area contributed by atoms with Crippen molar-refractivity contribution < 1.29 is 9.59 Å². The SMILES string of the molecule is CNC(=O)C1CN(Cc2ccccc2)CC12CN(C(=O)c1cncc(Br)c1)C2. The van der Waals surface area contributed by atoms with Gasteiger partial charge in [0.25, 0.3) is 5.91 Å². The standard InChI is InChI=1S/C21H23BrN4O2/c1-23-19(27)18-11-25(10-15-5-3-2-4-6-15)12-21(18)13-26(14-21)20(28)16-7-17(22)9-24-8-16/h2-9,18H,10-14H2,1H3,(H,23,27). The van der Waals surface area contributed by atoms with E-state index in [0.717, 1.165) is 24.1 Å². The maximum atomic E-state index is 12.8. The normalized spacial score (nSPS) is 20.8. The number of aromatic nitrogens is 1. The summed E-state index contributed by atoms with van der Waals surface area (Å²) in [6.07, 6.45) is 3.25. The number of carbonyl (C=O) groups is 2. The monoisotopic (exact) mass is 442 g/mol. The van der Waals surface area contributed by atoms with Crippen LogP contribution in [0.3, 0.4) is 0 Å². The molecule has 1 unspecified atom stereocenters. The molecular weight excluding hydrogens is 420 g/mol. The van der Waals surface area contributed by atoms with Crippen molar-refractivity contribution in [2.45, 2.75) is 6.54 Å². The molecule has 1 spiro atoms. The highest BCUT2D eigenvalue weighted by atomic mass is 79.9. The number of likely N-dealkylation sites (tertiary alicyclic amines) is 2. The first kappa shape index (κ1) is 19.1. The van der Waals surface area contributed by atoms with Gasteiger partial charge < -0.3 is 10.2 Å². The smallest absolute Gasteiger partial charge is 0.255 e. The lowest BCUT2D eigenvalue weighted by atomic mass is 9.71. The molecule has 28 heavy (non-hydrogen) atoms. The van der Waals surface area contributed by atoms with Crippen LogP contribution >= 0.6 is 15.9 Å². The molecule has 0 bridgehead atoms. The Bertz CT molecular complexity index is 883. The third-order valence-electron chi connectivity index (χ3n) is 5.78. The Kier molecular flexibility index (Phi) is 5.21. The van der Waals surface area contributed by atoms with Crippen LogP contribution in [-0.4, -0.2) is 59.8 Å². The molecule has 4 rings (SSSR count). The highest BCUT2D eigenvalue weighted by Gasteiger charge is 2.57. The summed E-state index contributed by atoms with van der Waals surface area (Å²) in [6.45, 7) is 3.55. The number of hydrogen-bond donors (Lipinski definition) is 1. The van der Waals surface area contributed by atoms with Gasteiger partial charge in [0, 0.05) is 62.1 Å². The van der Waals surface area contributed by atoms with E-state index in [1.165, 1.54) is 5.56 Å². The number of nitrogens with zero attached hydrogens (tertiary/aromatic N) is 3. The predicted octanol–water partition coefficient (Wildman–Crippen LogP) is 2.16. The van der Waals surface area contributed by atoms with Gasteiger partial charge in [-0.25, -0.2) is 0 Å². The summed E-state index contributed by atoms with van der Waals surface area (Å²) >= 11 is 3.36. The maximum absolute atomic E-state index is 12.8. The highest BCUT2D eigenvalue weighted by Crippen LogP contribution is 2.45. The number of nitrogens with one attached hydrogen (secondary N) is 1.